The van der Waals surface area contributed by atoms with Crippen molar-refractivity contribution in [2.75, 3.05) is 0 Å². The van der Waals surface area contributed by atoms with Gasteiger partial charge in [0.1, 0.15) is 11.5 Å². The Hall–Kier alpha value is -0.640. The summed E-state index contributed by atoms with van der Waals surface area (Å²) < 4.78 is 4.99. The van der Waals surface area contributed by atoms with Crippen molar-refractivity contribution >= 4 is 95.6 Å². The van der Waals surface area contributed by atoms with Crippen LogP contribution in [0.4, 0.5) is 0 Å². The molecule has 0 saturated heterocycles. The lowest BCUT2D eigenvalue weighted by molar-refractivity contribution is 0.473. The van der Waals surface area contributed by atoms with Crippen LogP contribution in [0.5, 0.6) is 11.5 Å². The molecular formula is C24H14Br6O2. The first-order chi connectivity index (χ1) is 15.2. The Morgan fingerprint density at radius 2 is 0.844 bits per heavy atom. The van der Waals surface area contributed by atoms with Gasteiger partial charge < -0.3 is 10.2 Å². The van der Waals surface area contributed by atoms with E-state index in [-0.39, 0.29) is 11.5 Å². The maximum absolute atomic E-state index is 10.0. The zero-order chi connectivity index (χ0) is 23.4. The number of halogens is 6. The van der Waals surface area contributed by atoms with Crippen molar-refractivity contribution in [2.24, 2.45) is 0 Å². The van der Waals surface area contributed by atoms with Gasteiger partial charge in [0.05, 0.1) is 8.95 Å². The number of hydrogen-bond donors (Lipinski definition) is 2. The number of hydrogen-bond acceptors (Lipinski definition) is 2. The molecule has 0 atom stereocenters. The minimum atomic E-state index is 0.243. The molecule has 4 rings (SSSR count). The Labute approximate surface area is 236 Å². The Morgan fingerprint density at radius 3 is 1.19 bits per heavy atom. The average molecular weight is 814 g/mol. The third-order valence-corrected chi connectivity index (χ3v) is 9.39. The Balaban J connectivity index is 0.000000181. The van der Waals surface area contributed by atoms with Gasteiger partial charge in [-0.25, -0.2) is 0 Å². The molecule has 0 aliphatic rings. The smallest absolute Gasteiger partial charge is 0.138 e. The second-order valence-electron chi connectivity index (χ2n) is 6.54. The molecule has 0 spiro atoms. The van der Waals surface area contributed by atoms with E-state index in [0.717, 1.165) is 40.1 Å². The first-order valence-electron chi connectivity index (χ1n) is 9.05. The van der Waals surface area contributed by atoms with E-state index in [4.69, 9.17) is 0 Å². The van der Waals surface area contributed by atoms with Gasteiger partial charge in [0.15, 0.2) is 0 Å². The van der Waals surface area contributed by atoms with E-state index in [1.54, 1.807) is 0 Å². The van der Waals surface area contributed by atoms with Gasteiger partial charge in [0, 0.05) is 29.0 Å². The molecule has 0 radical (unpaired) electrons. The minimum absolute atomic E-state index is 0.243. The Bertz CT molecular complexity index is 1170. The fourth-order valence-electron chi connectivity index (χ4n) is 2.86. The first kappa shape index (κ1) is 26.0. The van der Waals surface area contributed by atoms with Gasteiger partial charge in [0.2, 0.25) is 0 Å². The molecule has 0 fully saturated rings. The topological polar surface area (TPSA) is 40.5 Å². The summed E-state index contributed by atoms with van der Waals surface area (Å²) in [5, 5.41) is 20.1. The normalized spacial score (nSPS) is 10.4. The lowest BCUT2D eigenvalue weighted by Gasteiger charge is -2.08. The fraction of sp³-hybridized carbons (Fsp3) is 0. The van der Waals surface area contributed by atoms with Gasteiger partial charge in [0.25, 0.3) is 0 Å². The zero-order valence-corrected chi connectivity index (χ0v) is 25.6. The molecule has 0 heterocycles. The lowest BCUT2D eigenvalue weighted by atomic mass is 10.1. The third kappa shape index (κ3) is 6.27. The van der Waals surface area contributed by atoms with Crippen molar-refractivity contribution in [3.05, 3.63) is 99.6 Å². The van der Waals surface area contributed by atoms with Gasteiger partial charge in [-0.3, -0.25) is 0 Å². The van der Waals surface area contributed by atoms with Crippen molar-refractivity contribution in [1.82, 2.24) is 0 Å². The van der Waals surface area contributed by atoms with Crippen LogP contribution in [0.1, 0.15) is 0 Å². The second kappa shape index (κ2) is 11.7. The summed E-state index contributed by atoms with van der Waals surface area (Å²) in [5.41, 5.74) is 3.55. The van der Waals surface area contributed by atoms with Gasteiger partial charge in [-0.05, 0) is 123 Å². The molecule has 164 valence electrons. The molecule has 0 aromatic heterocycles. The van der Waals surface area contributed by atoms with Gasteiger partial charge in [-0.15, -0.1) is 0 Å². The highest BCUT2D eigenvalue weighted by Gasteiger charge is 2.11. The predicted molar refractivity (Wildman–Crippen MR) is 153 cm³/mol. The van der Waals surface area contributed by atoms with Gasteiger partial charge in [-0.1, -0.05) is 56.1 Å². The van der Waals surface area contributed by atoms with E-state index in [1.807, 2.05) is 72.8 Å². The quantitative estimate of drug-likeness (QED) is 0.212. The molecule has 0 aliphatic heterocycles. The Morgan fingerprint density at radius 1 is 0.469 bits per heavy atom. The zero-order valence-electron chi connectivity index (χ0n) is 16.1. The molecule has 0 aliphatic carbocycles. The Kier molecular flexibility index (Phi) is 9.47. The highest BCUT2D eigenvalue weighted by molar-refractivity contribution is 9.13. The molecule has 32 heavy (non-hydrogen) atoms. The molecule has 0 amide bonds. The summed E-state index contributed by atoms with van der Waals surface area (Å²) in [6, 6.07) is 23.2. The molecule has 2 N–H and O–H groups in total. The van der Waals surface area contributed by atoms with E-state index in [9.17, 15) is 10.2 Å². The number of benzene rings is 4. The van der Waals surface area contributed by atoms with E-state index in [1.165, 1.54) is 0 Å². The largest absolute Gasteiger partial charge is 0.506 e. The lowest BCUT2D eigenvalue weighted by Crippen LogP contribution is -1.81. The van der Waals surface area contributed by atoms with Gasteiger partial charge in [-0.2, -0.15) is 0 Å². The number of rotatable bonds is 2. The van der Waals surface area contributed by atoms with Crippen LogP contribution in [0.25, 0.3) is 22.3 Å². The number of phenolic OH excluding ortho intramolecular Hbond substituents is 2. The van der Waals surface area contributed by atoms with E-state index >= 15 is 0 Å². The highest BCUT2D eigenvalue weighted by atomic mass is 79.9. The standard InChI is InChI=1S/2C12H7Br3O/c2*13-8-3-1-2-7(6-8)9-4-5-10(14)11(15)12(9)16/h2*1-6,16H. The van der Waals surface area contributed by atoms with Crippen LogP contribution in [-0.4, -0.2) is 10.2 Å². The summed E-state index contributed by atoms with van der Waals surface area (Å²) in [6.45, 7) is 0. The average Bonchev–Trinajstić information content (AvgIpc) is 2.76. The van der Waals surface area contributed by atoms with Crippen LogP contribution in [0.15, 0.2) is 99.6 Å². The minimum Gasteiger partial charge on any atom is -0.506 e. The first-order valence-corrected chi connectivity index (χ1v) is 13.8. The molecule has 0 saturated carbocycles. The molecule has 2 nitrogen and oxygen atoms in total. The predicted octanol–water partition coefficient (Wildman–Crippen LogP) is 10.7. The summed E-state index contributed by atoms with van der Waals surface area (Å²) in [6.07, 6.45) is 0. The van der Waals surface area contributed by atoms with Crippen LogP contribution >= 0.6 is 95.6 Å². The summed E-state index contributed by atoms with van der Waals surface area (Å²) >= 11 is 20.2. The van der Waals surface area contributed by atoms with Crippen LogP contribution in [-0.2, 0) is 0 Å². The monoisotopic (exact) mass is 808 g/mol. The van der Waals surface area contributed by atoms with Gasteiger partial charge >= 0.3 is 0 Å². The van der Waals surface area contributed by atoms with Crippen molar-refractivity contribution in [3.63, 3.8) is 0 Å². The maximum Gasteiger partial charge on any atom is 0.138 e. The second-order valence-corrected chi connectivity index (χ2v) is 11.7. The van der Waals surface area contributed by atoms with Crippen LogP contribution in [0.2, 0.25) is 0 Å². The van der Waals surface area contributed by atoms with Crippen molar-refractivity contribution in [1.29, 1.82) is 0 Å². The van der Waals surface area contributed by atoms with Crippen LogP contribution in [0, 0.1) is 0 Å². The summed E-state index contributed by atoms with van der Waals surface area (Å²) in [5.74, 6) is 0.486. The van der Waals surface area contributed by atoms with Crippen molar-refractivity contribution in [3.8, 4) is 33.8 Å². The van der Waals surface area contributed by atoms with Crippen LogP contribution in [0.3, 0.4) is 0 Å². The fourth-order valence-corrected chi connectivity index (χ4v) is 4.99. The van der Waals surface area contributed by atoms with Crippen molar-refractivity contribution < 1.29 is 10.2 Å². The highest BCUT2D eigenvalue weighted by Crippen LogP contribution is 2.41. The number of aromatic hydroxyl groups is 2. The van der Waals surface area contributed by atoms with E-state index in [2.05, 4.69) is 95.6 Å². The summed E-state index contributed by atoms with van der Waals surface area (Å²) in [7, 11) is 0. The molecule has 0 unspecified atom stereocenters. The molecule has 8 heteroatoms. The summed E-state index contributed by atoms with van der Waals surface area (Å²) in [4.78, 5) is 0. The van der Waals surface area contributed by atoms with E-state index < -0.39 is 0 Å². The van der Waals surface area contributed by atoms with Crippen LogP contribution < -0.4 is 0 Å². The molecule has 0 bridgehead atoms. The molecule has 4 aromatic rings. The maximum atomic E-state index is 10.0. The SMILES string of the molecule is Oc1c(-c2cccc(Br)c2)ccc(Br)c1Br.Oc1c(-c2cccc(Br)c2)ccc(Br)c1Br. The molecular weight excluding hydrogens is 800 g/mol. The van der Waals surface area contributed by atoms with E-state index in [0.29, 0.717) is 8.95 Å². The van der Waals surface area contributed by atoms with Crippen molar-refractivity contribution in [2.45, 2.75) is 0 Å². The third-order valence-electron chi connectivity index (χ3n) is 4.41. The molecule has 4 aromatic carbocycles. The number of phenols is 2.